The van der Waals surface area contributed by atoms with Crippen molar-refractivity contribution in [1.29, 1.82) is 0 Å². The summed E-state index contributed by atoms with van der Waals surface area (Å²) in [5.74, 6) is -0.216. The predicted molar refractivity (Wildman–Crippen MR) is 76.9 cm³/mol. The third kappa shape index (κ3) is 3.25. The minimum absolute atomic E-state index is 0.00732. The van der Waals surface area contributed by atoms with Gasteiger partial charge in [-0.05, 0) is 37.5 Å². The largest absolute Gasteiger partial charge is 0.507 e. The zero-order valence-corrected chi connectivity index (χ0v) is 12.7. The molecule has 0 aliphatic rings. The van der Waals surface area contributed by atoms with Crippen molar-refractivity contribution in [2.24, 2.45) is 0 Å². The Balaban J connectivity index is 2.97. The molecule has 100 valence electrons. The number of hydrogen-bond acceptors (Lipinski definition) is 2. The van der Waals surface area contributed by atoms with Crippen LogP contribution < -0.4 is 5.32 Å². The van der Waals surface area contributed by atoms with Crippen LogP contribution in [0.25, 0.3) is 0 Å². The normalized spacial score (nSPS) is 11.3. The van der Waals surface area contributed by atoms with Gasteiger partial charge in [0.25, 0.3) is 5.91 Å². The second-order valence-electron chi connectivity index (χ2n) is 4.46. The van der Waals surface area contributed by atoms with Crippen LogP contribution in [-0.2, 0) is 0 Å². The van der Waals surface area contributed by atoms with Gasteiger partial charge in [0.05, 0.1) is 5.56 Å². The first-order valence-corrected chi connectivity index (χ1v) is 7.08. The molecule has 0 spiro atoms. The summed E-state index contributed by atoms with van der Waals surface area (Å²) in [5, 5.41) is 12.8. The van der Waals surface area contributed by atoms with Crippen molar-refractivity contribution < 1.29 is 9.90 Å². The van der Waals surface area contributed by atoms with E-state index in [0.717, 1.165) is 23.7 Å². The summed E-state index contributed by atoms with van der Waals surface area (Å²) in [4.78, 5) is 12.2. The Kier molecular flexibility index (Phi) is 5.20. The van der Waals surface area contributed by atoms with Crippen LogP contribution in [0.4, 0.5) is 0 Å². The molecular formula is C14H20BrNO2. The fourth-order valence-electron chi connectivity index (χ4n) is 2.01. The zero-order valence-electron chi connectivity index (χ0n) is 11.1. The monoisotopic (exact) mass is 313 g/mol. The Morgan fingerprint density at radius 2 is 1.83 bits per heavy atom. The maximum Gasteiger partial charge on any atom is 0.255 e. The lowest BCUT2D eigenvalue weighted by Crippen LogP contribution is -2.47. The van der Waals surface area contributed by atoms with Gasteiger partial charge < -0.3 is 10.4 Å². The van der Waals surface area contributed by atoms with Crippen LogP contribution >= 0.6 is 15.9 Å². The van der Waals surface area contributed by atoms with Crippen LogP contribution in [0.5, 0.6) is 5.75 Å². The minimum atomic E-state index is -0.223. The van der Waals surface area contributed by atoms with E-state index >= 15 is 0 Å². The molecule has 0 fully saturated rings. The van der Waals surface area contributed by atoms with Crippen molar-refractivity contribution in [2.75, 3.05) is 0 Å². The molecule has 0 heterocycles. The molecular weight excluding hydrogens is 294 g/mol. The van der Waals surface area contributed by atoms with E-state index in [4.69, 9.17) is 0 Å². The number of nitrogens with one attached hydrogen (secondary N) is 1. The Bertz CT molecular complexity index is 420. The van der Waals surface area contributed by atoms with Crippen LogP contribution in [0, 0.1) is 0 Å². The third-order valence-electron chi connectivity index (χ3n) is 3.61. The van der Waals surface area contributed by atoms with Gasteiger partial charge in [-0.25, -0.2) is 0 Å². The maximum atomic E-state index is 12.2. The minimum Gasteiger partial charge on any atom is -0.507 e. The van der Waals surface area contributed by atoms with Crippen molar-refractivity contribution in [3.05, 3.63) is 28.2 Å². The van der Waals surface area contributed by atoms with E-state index in [2.05, 4.69) is 42.0 Å². The molecule has 0 unspecified atom stereocenters. The summed E-state index contributed by atoms with van der Waals surface area (Å²) in [7, 11) is 0. The number of carbonyl (C=O) groups is 1. The van der Waals surface area contributed by atoms with E-state index in [0.29, 0.717) is 5.56 Å². The summed E-state index contributed by atoms with van der Waals surface area (Å²) in [6, 6.07) is 4.86. The first-order valence-electron chi connectivity index (χ1n) is 6.29. The van der Waals surface area contributed by atoms with Gasteiger partial charge in [-0.3, -0.25) is 4.79 Å². The van der Waals surface area contributed by atoms with Gasteiger partial charge in [-0.15, -0.1) is 0 Å². The summed E-state index contributed by atoms with van der Waals surface area (Å²) >= 11 is 3.30. The average molecular weight is 314 g/mol. The number of amides is 1. The molecule has 0 aliphatic carbocycles. The predicted octanol–water partition coefficient (Wildman–Crippen LogP) is 3.85. The van der Waals surface area contributed by atoms with Gasteiger partial charge in [0.1, 0.15) is 5.75 Å². The van der Waals surface area contributed by atoms with E-state index in [9.17, 15) is 9.90 Å². The van der Waals surface area contributed by atoms with Gasteiger partial charge in [-0.1, -0.05) is 36.7 Å². The number of carbonyl (C=O) groups excluding carboxylic acids is 1. The number of aromatic hydroxyl groups is 1. The fourth-order valence-corrected chi connectivity index (χ4v) is 2.37. The second kappa shape index (κ2) is 6.23. The molecule has 0 aliphatic heterocycles. The molecule has 0 radical (unpaired) electrons. The molecule has 18 heavy (non-hydrogen) atoms. The van der Waals surface area contributed by atoms with Crippen molar-refractivity contribution in [3.63, 3.8) is 0 Å². The Morgan fingerprint density at radius 3 is 2.33 bits per heavy atom. The van der Waals surface area contributed by atoms with E-state index in [1.54, 1.807) is 12.1 Å². The van der Waals surface area contributed by atoms with E-state index in [1.807, 2.05) is 0 Å². The van der Waals surface area contributed by atoms with Gasteiger partial charge in [0.2, 0.25) is 0 Å². The van der Waals surface area contributed by atoms with E-state index < -0.39 is 0 Å². The van der Waals surface area contributed by atoms with Gasteiger partial charge in [0.15, 0.2) is 0 Å². The molecule has 1 amide bonds. The maximum absolute atomic E-state index is 12.2. The molecule has 3 nitrogen and oxygen atoms in total. The highest BCUT2D eigenvalue weighted by Gasteiger charge is 2.27. The Morgan fingerprint density at radius 1 is 1.28 bits per heavy atom. The number of phenolic OH excluding ortho intramolecular Hbond substituents is 1. The van der Waals surface area contributed by atoms with Crippen molar-refractivity contribution in [1.82, 2.24) is 5.32 Å². The van der Waals surface area contributed by atoms with Crippen LogP contribution in [0.3, 0.4) is 0 Å². The highest BCUT2D eigenvalue weighted by molar-refractivity contribution is 9.10. The molecule has 1 rings (SSSR count). The molecule has 0 atom stereocenters. The van der Waals surface area contributed by atoms with E-state index in [1.165, 1.54) is 6.07 Å². The molecule has 1 aromatic rings. The lowest BCUT2D eigenvalue weighted by Gasteiger charge is -2.31. The van der Waals surface area contributed by atoms with Crippen molar-refractivity contribution >= 4 is 21.8 Å². The molecule has 0 saturated heterocycles. The molecule has 2 N–H and O–H groups in total. The first-order chi connectivity index (χ1) is 8.48. The van der Waals surface area contributed by atoms with Crippen LogP contribution in [0.2, 0.25) is 0 Å². The number of halogens is 1. The second-order valence-corrected chi connectivity index (χ2v) is 5.37. The Hall–Kier alpha value is -1.03. The van der Waals surface area contributed by atoms with Gasteiger partial charge in [-0.2, -0.15) is 0 Å². The topological polar surface area (TPSA) is 49.3 Å². The summed E-state index contributed by atoms with van der Waals surface area (Å²) in [5.41, 5.74) is 0.121. The number of rotatable bonds is 5. The third-order valence-corrected chi connectivity index (χ3v) is 4.11. The smallest absolute Gasteiger partial charge is 0.255 e. The number of phenols is 1. The number of benzene rings is 1. The quantitative estimate of drug-likeness (QED) is 0.867. The van der Waals surface area contributed by atoms with Gasteiger partial charge in [0, 0.05) is 10.0 Å². The molecule has 0 saturated carbocycles. The molecule has 4 heteroatoms. The molecule has 1 aromatic carbocycles. The highest BCUT2D eigenvalue weighted by atomic mass is 79.9. The summed E-state index contributed by atoms with van der Waals surface area (Å²) < 4.78 is 0.778. The summed E-state index contributed by atoms with van der Waals surface area (Å²) in [6.07, 6.45) is 2.63. The number of hydrogen-bond donors (Lipinski definition) is 2. The molecule has 0 bridgehead atoms. The lowest BCUT2D eigenvalue weighted by atomic mass is 9.89. The van der Waals surface area contributed by atoms with Crippen LogP contribution in [0.1, 0.15) is 50.4 Å². The standard InChI is InChI=1S/C14H20BrNO2/c1-4-14(5-2,6-3)16-13(18)11-9-10(15)7-8-12(11)17/h7-9,17H,4-6H2,1-3H3,(H,16,18). The Labute approximate surface area is 117 Å². The fraction of sp³-hybridized carbons (Fsp3) is 0.500. The first kappa shape index (κ1) is 15.0. The SMILES string of the molecule is CCC(CC)(CC)NC(=O)c1cc(Br)ccc1O. The van der Waals surface area contributed by atoms with E-state index in [-0.39, 0.29) is 17.2 Å². The average Bonchev–Trinajstić information content (AvgIpc) is 2.38. The van der Waals surface area contributed by atoms with Crippen molar-refractivity contribution in [3.8, 4) is 5.75 Å². The summed E-state index contributed by atoms with van der Waals surface area (Å²) in [6.45, 7) is 6.19. The van der Waals surface area contributed by atoms with Crippen molar-refractivity contribution in [2.45, 2.75) is 45.6 Å². The van der Waals surface area contributed by atoms with Crippen LogP contribution in [0.15, 0.2) is 22.7 Å². The van der Waals surface area contributed by atoms with Crippen LogP contribution in [-0.4, -0.2) is 16.6 Å². The van der Waals surface area contributed by atoms with Gasteiger partial charge >= 0.3 is 0 Å². The highest BCUT2D eigenvalue weighted by Crippen LogP contribution is 2.25. The molecule has 0 aromatic heterocycles. The lowest BCUT2D eigenvalue weighted by molar-refractivity contribution is 0.0885. The zero-order chi connectivity index (χ0) is 13.8.